The van der Waals surface area contributed by atoms with E-state index in [1.165, 1.54) is 22.3 Å². The van der Waals surface area contributed by atoms with Crippen molar-refractivity contribution in [2.45, 2.75) is 18.8 Å². The molecule has 1 aliphatic heterocycles. The Bertz CT molecular complexity index is 845. The van der Waals surface area contributed by atoms with E-state index in [1.807, 2.05) is 0 Å². The number of benzene rings is 3. The largest absolute Gasteiger partial charge is 0.494 e. The van der Waals surface area contributed by atoms with Gasteiger partial charge in [0.2, 0.25) is 0 Å². The molecule has 0 amide bonds. The van der Waals surface area contributed by atoms with E-state index >= 15 is 0 Å². The van der Waals surface area contributed by atoms with E-state index in [-0.39, 0.29) is 0 Å². The van der Waals surface area contributed by atoms with Crippen LogP contribution in [0.4, 0.5) is 0 Å². The smallest absolute Gasteiger partial charge is 0.119 e. The molecule has 0 aromatic heterocycles. The molecule has 0 bridgehead atoms. The van der Waals surface area contributed by atoms with E-state index in [0.717, 1.165) is 31.7 Å². The first kappa shape index (κ1) is 18.5. The lowest BCUT2D eigenvalue weighted by atomic mass is 9.89. The zero-order chi connectivity index (χ0) is 19.0. The molecule has 3 aromatic rings. The van der Waals surface area contributed by atoms with Crippen molar-refractivity contribution >= 4 is 5.57 Å². The van der Waals surface area contributed by atoms with E-state index in [4.69, 9.17) is 4.74 Å². The third-order valence-electron chi connectivity index (χ3n) is 5.37. The Hall–Kier alpha value is -2.84. The first-order chi connectivity index (χ1) is 13.9. The normalized spacial score (nSPS) is 14.0. The van der Waals surface area contributed by atoms with Crippen LogP contribution in [-0.4, -0.2) is 19.7 Å². The van der Waals surface area contributed by atoms with Gasteiger partial charge in [0.25, 0.3) is 0 Å². The summed E-state index contributed by atoms with van der Waals surface area (Å²) in [6.45, 7) is 2.72. The summed E-state index contributed by atoms with van der Waals surface area (Å²) < 4.78 is 6.09. The second kappa shape index (κ2) is 9.38. The summed E-state index contributed by atoms with van der Waals surface area (Å²) in [6, 6.07) is 30.0. The van der Waals surface area contributed by atoms with Crippen molar-refractivity contribution in [1.82, 2.24) is 5.32 Å². The molecule has 0 saturated heterocycles. The van der Waals surface area contributed by atoms with E-state index < -0.39 is 0 Å². The molecular weight excluding hydrogens is 342 g/mol. The van der Waals surface area contributed by atoms with Crippen LogP contribution in [0.1, 0.15) is 35.4 Å². The molecule has 0 fully saturated rings. The minimum Gasteiger partial charge on any atom is -0.494 e. The van der Waals surface area contributed by atoms with Gasteiger partial charge in [0.05, 0.1) is 6.61 Å². The molecule has 0 radical (unpaired) electrons. The van der Waals surface area contributed by atoms with Crippen LogP contribution < -0.4 is 10.1 Å². The van der Waals surface area contributed by atoms with Crippen LogP contribution in [-0.2, 0) is 0 Å². The van der Waals surface area contributed by atoms with Gasteiger partial charge in [0.1, 0.15) is 5.75 Å². The van der Waals surface area contributed by atoms with Crippen molar-refractivity contribution in [3.8, 4) is 5.75 Å². The molecule has 0 saturated carbocycles. The highest BCUT2D eigenvalue weighted by molar-refractivity contribution is 5.67. The molecule has 0 unspecified atom stereocenters. The number of rotatable bonds is 7. The summed E-state index contributed by atoms with van der Waals surface area (Å²) in [5.41, 5.74) is 5.41. The lowest BCUT2D eigenvalue weighted by molar-refractivity contribution is 0.304. The highest BCUT2D eigenvalue weighted by Gasteiger charge is 2.14. The lowest BCUT2D eigenvalue weighted by Crippen LogP contribution is -2.19. The van der Waals surface area contributed by atoms with Crippen molar-refractivity contribution < 1.29 is 4.74 Å². The number of ether oxygens (including phenoxy) is 1. The molecule has 2 heteroatoms. The molecule has 0 spiro atoms. The molecule has 1 N–H and O–H groups in total. The SMILES string of the molecule is C1=C(c2ccc(OCCC(c3ccccc3)c3ccccc3)cc2)CCNC1. The molecule has 0 aliphatic carbocycles. The lowest BCUT2D eigenvalue weighted by Gasteiger charge is -2.19. The molecule has 2 nitrogen and oxygen atoms in total. The summed E-state index contributed by atoms with van der Waals surface area (Å²) in [7, 11) is 0. The van der Waals surface area contributed by atoms with E-state index in [2.05, 4.69) is 96.3 Å². The van der Waals surface area contributed by atoms with Gasteiger partial charge in [-0.15, -0.1) is 0 Å². The second-order valence-corrected chi connectivity index (χ2v) is 7.22. The molecule has 1 heterocycles. The highest BCUT2D eigenvalue weighted by atomic mass is 16.5. The maximum Gasteiger partial charge on any atom is 0.119 e. The predicted octanol–water partition coefficient (Wildman–Crippen LogP) is 5.66. The Morgan fingerprint density at radius 3 is 2.00 bits per heavy atom. The summed E-state index contributed by atoms with van der Waals surface area (Å²) in [6.07, 6.45) is 4.33. The standard InChI is InChI=1S/C26H27NO/c1-3-7-23(8-4-1)26(24-9-5-2-6-10-24)17-20-28-25-13-11-21(12-14-25)22-15-18-27-19-16-22/h1-15,26-27H,16-20H2. The molecule has 28 heavy (non-hydrogen) atoms. The van der Waals surface area contributed by atoms with Gasteiger partial charge in [-0.05, 0) is 53.8 Å². The summed E-state index contributed by atoms with van der Waals surface area (Å²) in [4.78, 5) is 0. The van der Waals surface area contributed by atoms with Gasteiger partial charge in [-0.2, -0.15) is 0 Å². The van der Waals surface area contributed by atoms with Crippen LogP contribution in [0.5, 0.6) is 5.75 Å². The fourth-order valence-electron chi connectivity index (χ4n) is 3.84. The Balaban J connectivity index is 1.40. The molecule has 1 aliphatic rings. The first-order valence-electron chi connectivity index (χ1n) is 10.1. The Morgan fingerprint density at radius 1 is 0.786 bits per heavy atom. The predicted molar refractivity (Wildman–Crippen MR) is 117 cm³/mol. The second-order valence-electron chi connectivity index (χ2n) is 7.22. The third-order valence-corrected chi connectivity index (χ3v) is 5.37. The van der Waals surface area contributed by atoms with Gasteiger partial charge >= 0.3 is 0 Å². The summed E-state index contributed by atoms with van der Waals surface area (Å²) >= 11 is 0. The van der Waals surface area contributed by atoms with Gasteiger partial charge in [-0.3, -0.25) is 0 Å². The van der Waals surface area contributed by atoms with E-state index in [9.17, 15) is 0 Å². The maximum absolute atomic E-state index is 6.09. The van der Waals surface area contributed by atoms with Gasteiger partial charge in [-0.1, -0.05) is 78.9 Å². The van der Waals surface area contributed by atoms with Gasteiger partial charge in [0.15, 0.2) is 0 Å². The van der Waals surface area contributed by atoms with Gasteiger partial charge in [0, 0.05) is 12.5 Å². The topological polar surface area (TPSA) is 21.3 Å². The van der Waals surface area contributed by atoms with E-state index in [1.54, 1.807) is 0 Å². The van der Waals surface area contributed by atoms with Crippen LogP contribution in [0.3, 0.4) is 0 Å². The Labute approximate surface area is 167 Å². The molecule has 142 valence electrons. The number of hydrogen-bond acceptors (Lipinski definition) is 2. The molecule has 0 atom stereocenters. The maximum atomic E-state index is 6.09. The van der Waals surface area contributed by atoms with Crippen LogP contribution in [0.25, 0.3) is 5.57 Å². The van der Waals surface area contributed by atoms with Crippen LogP contribution in [0, 0.1) is 0 Å². The van der Waals surface area contributed by atoms with Crippen LogP contribution in [0.2, 0.25) is 0 Å². The van der Waals surface area contributed by atoms with Crippen molar-refractivity contribution in [1.29, 1.82) is 0 Å². The first-order valence-corrected chi connectivity index (χ1v) is 10.1. The number of hydrogen-bond donors (Lipinski definition) is 1. The zero-order valence-corrected chi connectivity index (χ0v) is 16.2. The van der Waals surface area contributed by atoms with Gasteiger partial charge in [-0.25, -0.2) is 0 Å². The van der Waals surface area contributed by atoms with Crippen molar-refractivity contribution in [3.63, 3.8) is 0 Å². The fraction of sp³-hybridized carbons (Fsp3) is 0.231. The Kier molecular flexibility index (Phi) is 6.21. The van der Waals surface area contributed by atoms with Gasteiger partial charge < -0.3 is 10.1 Å². The quantitative estimate of drug-likeness (QED) is 0.580. The van der Waals surface area contributed by atoms with E-state index in [0.29, 0.717) is 12.5 Å². The molecular formula is C26H27NO. The molecule has 3 aromatic carbocycles. The van der Waals surface area contributed by atoms with Crippen molar-refractivity contribution in [3.05, 3.63) is 108 Å². The zero-order valence-electron chi connectivity index (χ0n) is 16.2. The number of nitrogens with one attached hydrogen (secondary N) is 1. The third kappa shape index (κ3) is 4.71. The summed E-state index contributed by atoms with van der Waals surface area (Å²) in [5, 5.41) is 3.36. The van der Waals surface area contributed by atoms with Crippen molar-refractivity contribution in [2.75, 3.05) is 19.7 Å². The Morgan fingerprint density at radius 2 is 1.43 bits per heavy atom. The van der Waals surface area contributed by atoms with Crippen LogP contribution in [0.15, 0.2) is 91.0 Å². The minimum atomic E-state index is 0.349. The fourth-order valence-corrected chi connectivity index (χ4v) is 3.84. The molecule has 4 rings (SSSR count). The highest BCUT2D eigenvalue weighted by Crippen LogP contribution is 2.28. The van der Waals surface area contributed by atoms with Crippen LogP contribution >= 0.6 is 0 Å². The average molecular weight is 370 g/mol. The van der Waals surface area contributed by atoms with Crippen molar-refractivity contribution in [2.24, 2.45) is 0 Å². The monoisotopic (exact) mass is 369 g/mol. The minimum absolute atomic E-state index is 0.349. The average Bonchev–Trinajstić information content (AvgIpc) is 2.79. The summed E-state index contributed by atoms with van der Waals surface area (Å²) in [5.74, 6) is 1.29.